The molecule has 0 aliphatic carbocycles. The van der Waals surface area contributed by atoms with E-state index in [1.165, 1.54) is 12.1 Å². The molecule has 0 fully saturated rings. The van der Waals surface area contributed by atoms with Crippen molar-refractivity contribution < 1.29 is 17.9 Å². The molecule has 4 rings (SSSR count). The number of fused-ring (bicyclic) bond motifs is 1. The van der Waals surface area contributed by atoms with Crippen LogP contribution in [0, 0.1) is 23.2 Å². The van der Waals surface area contributed by atoms with E-state index < -0.39 is 17.7 Å². The predicted octanol–water partition coefficient (Wildman–Crippen LogP) is 5.52. The van der Waals surface area contributed by atoms with E-state index >= 15 is 0 Å². The van der Waals surface area contributed by atoms with Crippen LogP contribution in [0.15, 0.2) is 84.3 Å². The van der Waals surface area contributed by atoms with Crippen LogP contribution in [0.2, 0.25) is 0 Å². The Hall–Kier alpha value is -4.16. The van der Waals surface area contributed by atoms with Crippen LogP contribution in [0.4, 0.5) is 13.2 Å². The summed E-state index contributed by atoms with van der Waals surface area (Å²) < 4.78 is 44.7. The molecule has 1 atom stereocenters. The highest BCUT2D eigenvalue weighted by atomic mass is 19.4. The number of halogens is 3. The normalized spacial score (nSPS) is 15.1. The first-order chi connectivity index (χ1) is 15.4. The van der Waals surface area contributed by atoms with Gasteiger partial charge in [-0.15, -0.1) is 0 Å². The summed E-state index contributed by atoms with van der Waals surface area (Å²) in [7, 11) is 0. The maximum atomic E-state index is 13.0. The maximum absolute atomic E-state index is 13.0. The number of hydrogen-bond acceptors (Lipinski definition) is 3. The van der Waals surface area contributed by atoms with E-state index in [0.717, 1.165) is 23.3 Å². The van der Waals surface area contributed by atoms with Gasteiger partial charge in [0.25, 0.3) is 0 Å². The third-order valence-electron chi connectivity index (χ3n) is 5.18. The molecule has 3 aromatic rings. The summed E-state index contributed by atoms with van der Waals surface area (Å²) in [4.78, 5) is 0. The Labute approximate surface area is 183 Å². The fourth-order valence-electron chi connectivity index (χ4n) is 3.65. The molecule has 1 aliphatic rings. The Morgan fingerprint density at radius 1 is 0.938 bits per heavy atom. The summed E-state index contributed by atoms with van der Waals surface area (Å²) in [6.07, 6.45) is -4.06. The van der Waals surface area contributed by atoms with Gasteiger partial charge in [0.05, 0.1) is 11.5 Å². The Morgan fingerprint density at radius 3 is 2.31 bits per heavy atom. The van der Waals surface area contributed by atoms with Crippen LogP contribution in [-0.2, 0) is 12.6 Å². The third-order valence-corrected chi connectivity index (χ3v) is 5.18. The van der Waals surface area contributed by atoms with Crippen molar-refractivity contribution in [2.24, 2.45) is 5.73 Å². The quantitative estimate of drug-likeness (QED) is 0.545. The van der Waals surface area contributed by atoms with Gasteiger partial charge < -0.3 is 10.5 Å². The molecule has 1 heterocycles. The zero-order chi connectivity index (χ0) is 22.7. The standard InChI is InChI=1S/C26H17F3N2O/c27-26(28,29)20-14-12-18(13-15-20)23-21-11-5-10-19(24(21)32-25(31)22(23)16-30)9-4-8-17-6-2-1-3-7-17/h1-3,5-7,10-15,23H,9,31H2. The minimum Gasteiger partial charge on any atom is -0.440 e. The number of nitrogens with zero attached hydrogens (tertiary/aromatic N) is 1. The average Bonchev–Trinajstić information content (AvgIpc) is 2.79. The number of alkyl halides is 3. The van der Waals surface area contributed by atoms with Gasteiger partial charge in [0.2, 0.25) is 5.88 Å². The van der Waals surface area contributed by atoms with Gasteiger partial charge in [-0.05, 0) is 29.8 Å². The number of allylic oxidation sites excluding steroid dienone is 1. The van der Waals surface area contributed by atoms with Crippen molar-refractivity contribution in [3.8, 4) is 23.7 Å². The van der Waals surface area contributed by atoms with Gasteiger partial charge >= 0.3 is 6.18 Å². The fraction of sp³-hybridized carbons (Fsp3) is 0.115. The minimum absolute atomic E-state index is 0.0617. The Morgan fingerprint density at radius 2 is 1.66 bits per heavy atom. The molecular weight excluding hydrogens is 413 g/mol. The smallest absolute Gasteiger partial charge is 0.416 e. The van der Waals surface area contributed by atoms with E-state index in [0.29, 0.717) is 23.3 Å². The Balaban J connectivity index is 1.73. The molecule has 0 saturated carbocycles. The van der Waals surface area contributed by atoms with Crippen molar-refractivity contribution in [3.63, 3.8) is 0 Å². The van der Waals surface area contributed by atoms with Crippen LogP contribution < -0.4 is 10.5 Å². The highest BCUT2D eigenvalue weighted by Crippen LogP contribution is 2.44. The molecule has 0 aromatic heterocycles. The van der Waals surface area contributed by atoms with E-state index in [-0.39, 0.29) is 11.5 Å². The van der Waals surface area contributed by atoms with Gasteiger partial charge in [0, 0.05) is 23.1 Å². The Bertz CT molecular complexity index is 1280. The first-order valence-corrected chi connectivity index (χ1v) is 9.79. The monoisotopic (exact) mass is 430 g/mol. The number of ether oxygens (including phenoxy) is 1. The van der Waals surface area contributed by atoms with Gasteiger partial charge in [-0.2, -0.15) is 18.4 Å². The number of para-hydroxylation sites is 1. The molecule has 0 saturated heterocycles. The Kier molecular flexibility index (Phi) is 5.62. The lowest BCUT2D eigenvalue weighted by Gasteiger charge is -2.28. The van der Waals surface area contributed by atoms with Crippen LogP contribution in [0.5, 0.6) is 5.75 Å². The molecule has 158 valence electrons. The summed E-state index contributed by atoms with van der Waals surface area (Å²) in [5.41, 5.74) is 8.29. The molecule has 0 radical (unpaired) electrons. The molecule has 0 amide bonds. The average molecular weight is 430 g/mol. The molecule has 1 unspecified atom stereocenters. The molecular formula is C26H17F3N2O. The van der Waals surface area contributed by atoms with Crippen LogP contribution in [0.1, 0.15) is 33.7 Å². The van der Waals surface area contributed by atoms with Gasteiger partial charge in [-0.1, -0.05) is 60.4 Å². The van der Waals surface area contributed by atoms with Gasteiger partial charge in [0.15, 0.2) is 0 Å². The van der Waals surface area contributed by atoms with Gasteiger partial charge in [-0.3, -0.25) is 0 Å². The topological polar surface area (TPSA) is 59.0 Å². The van der Waals surface area contributed by atoms with Crippen molar-refractivity contribution >= 4 is 0 Å². The largest absolute Gasteiger partial charge is 0.440 e. The zero-order valence-electron chi connectivity index (χ0n) is 16.8. The van der Waals surface area contributed by atoms with E-state index in [1.54, 1.807) is 6.07 Å². The van der Waals surface area contributed by atoms with E-state index in [2.05, 4.69) is 17.9 Å². The molecule has 32 heavy (non-hydrogen) atoms. The van der Waals surface area contributed by atoms with Crippen molar-refractivity contribution in [1.29, 1.82) is 5.26 Å². The number of hydrogen-bond donors (Lipinski definition) is 1. The SMILES string of the molecule is N#CC1=C(N)Oc2c(CC#Cc3ccccc3)cccc2C1c1ccc(C(F)(F)F)cc1. The fourth-order valence-corrected chi connectivity index (χ4v) is 3.65. The summed E-state index contributed by atoms with van der Waals surface area (Å²) >= 11 is 0. The zero-order valence-corrected chi connectivity index (χ0v) is 16.8. The second-order valence-electron chi connectivity index (χ2n) is 7.22. The van der Waals surface area contributed by atoms with Crippen LogP contribution >= 0.6 is 0 Å². The minimum atomic E-state index is -4.44. The van der Waals surface area contributed by atoms with Crippen LogP contribution in [0.25, 0.3) is 0 Å². The van der Waals surface area contributed by atoms with Gasteiger partial charge in [0.1, 0.15) is 17.4 Å². The number of nitriles is 1. The van der Waals surface area contributed by atoms with Crippen molar-refractivity contribution in [2.45, 2.75) is 18.5 Å². The lowest BCUT2D eigenvalue weighted by atomic mass is 9.82. The van der Waals surface area contributed by atoms with E-state index in [4.69, 9.17) is 10.5 Å². The van der Waals surface area contributed by atoms with Crippen LogP contribution in [-0.4, -0.2) is 0 Å². The molecule has 6 heteroatoms. The van der Waals surface area contributed by atoms with E-state index in [1.807, 2.05) is 42.5 Å². The molecule has 2 N–H and O–H groups in total. The second kappa shape index (κ2) is 8.53. The lowest BCUT2D eigenvalue weighted by Crippen LogP contribution is -2.22. The van der Waals surface area contributed by atoms with Crippen LogP contribution in [0.3, 0.4) is 0 Å². The van der Waals surface area contributed by atoms with Gasteiger partial charge in [-0.25, -0.2) is 0 Å². The molecule has 1 aliphatic heterocycles. The first-order valence-electron chi connectivity index (χ1n) is 9.79. The highest BCUT2D eigenvalue weighted by Gasteiger charge is 2.34. The summed E-state index contributed by atoms with van der Waals surface area (Å²) in [5, 5.41) is 9.67. The van der Waals surface area contributed by atoms with Crippen molar-refractivity contribution in [2.75, 3.05) is 0 Å². The first kappa shape index (κ1) is 21.1. The molecule has 0 spiro atoms. The molecule has 3 nitrogen and oxygen atoms in total. The maximum Gasteiger partial charge on any atom is 0.416 e. The number of benzene rings is 3. The molecule has 3 aromatic carbocycles. The third kappa shape index (κ3) is 4.17. The van der Waals surface area contributed by atoms with E-state index in [9.17, 15) is 18.4 Å². The predicted molar refractivity (Wildman–Crippen MR) is 114 cm³/mol. The number of rotatable bonds is 2. The highest BCUT2D eigenvalue weighted by molar-refractivity contribution is 5.58. The lowest BCUT2D eigenvalue weighted by molar-refractivity contribution is -0.137. The number of nitrogens with two attached hydrogens (primary N) is 1. The summed E-state index contributed by atoms with van der Waals surface area (Å²) in [6, 6.07) is 21.8. The molecule has 0 bridgehead atoms. The summed E-state index contributed by atoms with van der Waals surface area (Å²) in [6.45, 7) is 0. The van der Waals surface area contributed by atoms with Crippen molar-refractivity contribution in [1.82, 2.24) is 0 Å². The summed E-state index contributed by atoms with van der Waals surface area (Å²) in [5.74, 6) is 5.99. The second-order valence-corrected chi connectivity index (χ2v) is 7.22. The van der Waals surface area contributed by atoms with Crippen molar-refractivity contribution in [3.05, 3.63) is 112 Å².